The van der Waals surface area contributed by atoms with E-state index in [-0.39, 0.29) is 23.6 Å². The zero-order chi connectivity index (χ0) is 22.1. The number of anilines is 1. The summed E-state index contributed by atoms with van der Waals surface area (Å²) >= 11 is 3.40. The van der Waals surface area contributed by atoms with E-state index in [4.69, 9.17) is 0 Å². The third-order valence-corrected chi connectivity index (χ3v) is 7.08. The van der Waals surface area contributed by atoms with E-state index in [1.54, 1.807) is 12.1 Å². The lowest BCUT2D eigenvalue weighted by Crippen LogP contribution is -2.47. The maximum Gasteiger partial charge on any atom is 0.240 e. The highest BCUT2D eigenvalue weighted by Crippen LogP contribution is 2.54. The Hall–Kier alpha value is -2.73. The maximum atomic E-state index is 13.7. The van der Waals surface area contributed by atoms with Gasteiger partial charge in [0.1, 0.15) is 6.04 Å². The molecule has 5 rings (SSSR count). The van der Waals surface area contributed by atoms with Crippen molar-refractivity contribution >= 4 is 45.3 Å². The number of nitrogens with zero attached hydrogens (tertiary/aromatic N) is 2. The van der Waals surface area contributed by atoms with Crippen molar-refractivity contribution in [2.24, 2.45) is 17.3 Å². The van der Waals surface area contributed by atoms with Gasteiger partial charge < -0.3 is 4.90 Å². The van der Waals surface area contributed by atoms with Gasteiger partial charge in [-0.1, -0.05) is 61.0 Å². The van der Waals surface area contributed by atoms with Crippen molar-refractivity contribution in [3.63, 3.8) is 0 Å². The summed E-state index contributed by atoms with van der Waals surface area (Å²) in [5.74, 6) is -1.85. The highest BCUT2D eigenvalue weighted by atomic mass is 79.9. The lowest BCUT2D eigenvalue weighted by Gasteiger charge is -2.37. The highest BCUT2D eigenvalue weighted by molar-refractivity contribution is 9.10. The number of amides is 2. The summed E-state index contributed by atoms with van der Waals surface area (Å²) in [4.78, 5) is 44.2. The predicted octanol–water partition coefficient (Wildman–Crippen LogP) is 4.58. The number of carbonyl (C=O) groups is 3. The number of Topliss-reactive ketones (excluding diaryl/α,β-unsaturated/α-hetero) is 1. The van der Waals surface area contributed by atoms with Gasteiger partial charge in [-0.25, -0.2) is 4.90 Å². The summed E-state index contributed by atoms with van der Waals surface area (Å²) in [6.07, 6.45) is 3.86. The summed E-state index contributed by atoms with van der Waals surface area (Å²) in [5, 5.41) is 0. The van der Waals surface area contributed by atoms with Gasteiger partial charge in [0.25, 0.3) is 0 Å². The number of ketones is 1. The molecule has 0 spiro atoms. The standard InChI is InChI=1S/C25H23BrN2O3/c1-25(2,3)22(29)21-19-18(20-17-7-5-4-6-14(17)12-13-27(20)21)23(30)28(24(19)31)16-10-8-15(26)9-11-16/h4-13,18-21H,1-3H3. The topological polar surface area (TPSA) is 57.7 Å². The number of benzene rings is 2. The first kappa shape index (κ1) is 20.2. The molecule has 0 N–H and O–H groups in total. The van der Waals surface area contributed by atoms with Crippen molar-refractivity contribution in [3.8, 4) is 0 Å². The largest absolute Gasteiger partial charge is 0.359 e. The van der Waals surface area contributed by atoms with Crippen molar-refractivity contribution in [2.75, 3.05) is 4.90 Å². The van der Waals surface area contributed by atoms with Crippen LogP contribution in [0.2, 0.25) is 0 Å². The number of imide groups is 1. The van der Waals surface area contributed by atoms with Gasteiger partial charge in [0, 0.05) is 16.1 Å². The molecule has 2 aromatic rings. The third-order valence-electron chi connectivity index (χ3n) is 6.55. The number of hydrogen-bond donors (Lipinski definition) is 0. The number of hydrogen-bond acceptors (Lipinski definition) is 4. The number of halogens is 1. The van der Waals surface area contributed by atoms with Crippen LogP contribution in [0.4, 0.5) is 5.69 Å². The average Bonchev–Trinajstić information content (AvgIpc) is 3.20. The van der Waals surface area contributed by atoms with E-state index >= 15 is 0 Å². The van der Waals surface area contributed by atoms with Gasteiger partial charge in [0.2, 0.25) is 11.8 Å². The summed E-state index contributed by atoms with van der Waals surface area (Å²) in [5.41, 5.74) is 1.92. The van der Waals surface area contributed by atoms with Crippen molar-refractivity contribution in [3.05, 3.63) is 70.3 Å². The predicted molar refractivity (Wildman–Crippen MR) is 122 cm³/mol. The molecule has 6 heteroatoms. The fourth-order valence-corrected chi connectivity index (χ4v) is 5.41. The Morgan fingerprint density at radius 1 is 0.935 bits per heavy atom. The molecule has 5 nitrogen and oxygen atoms in total. The van der Waals surface area contributed by atoms with Crippen LogP contribution in [-0.4, -0.2) is 28.5 Å². The molecule has 3 aliphatic heterocycles. The average molecular weight is 479 g/mol. The van der Waals surface area contributed by atoms with Gasteiger partial charge >= 0.3 is 0 Å². The first-order chi connectivity index (χ1) is 14.7. The summed E-state index contributed by atoms with van der Waals surface area (Å²) in [6, 6.07) is 14.0. The van der Waals surface area contributed by atoms with Gasteiger partial charge in [-0.3, -0.25) is 14.4 Å². The molecule has 4 unspecified atom stereocenters. The molecule has 0 aromatic heterocycles. The SMILES string of the molecule is CC(C)(C)C(=O)C1C2C(=O)N(c3ccc(Br)cc3)C(=O)C2C2c3ccccc3C=CN12. The Morgan fingerprint density at radius 3 is 2.26 bits per heavy atom. The fraction of sp³-hybridized carbons (Fsp3) is 0.320. The second kappa shape index (κ2) is 6.89. The second-order valence-electron chi connectivity index (χ2n) is 9.44. The maximum absolute atomic E-state index is 13.7. The number of rotatable bonds is 2. The van der Waals surface area contributed by atoms with Gasteiger partial charge in [-0.05, 0) is 41.5 Å². The molecule has 158 valence electrons. The summed E-state index contributed by atoms with van der Waals surface area (Å²) in [6.45, 7) is 5.60. The van der Waals surface area contributed by atoms with Crippen LogP contribution in [-0.2, 0) is 14.4 Å². The lowest BCUT2D eigenvalue weighted by molar-refractivity contribution is -0.135. The minimum absolute atomic E-state index is 0.0205. The van der Waals surface area contributed by atoms with Gasteiger partial charge in [-0.15, -0.1) is 0 Å². The highest BCUT2D eigenvalue weighted by Gasteiger charge is 2.65. The molecule has 2 saturated heterocycles. The third kappa shape index (κ3) is 2.92. The van der Waals surface area contributed by atoms with Crippen LogP contribution in [0.1, 0.15) is 37.9 Å². The van der Waals surface area contributed by atoms with Crippen LogP contribution in [0.15, 0.2) is 59.2 Å². The van der Waals surface area contributed by atoms with Gasteiger partial charge in [0.05, 0.1) is 23.6 Å². The van der Waals surface area contributed by atoms with Gasteiger partial charge in [-0.2, -0.15) is 0 Å². The van der Waals surface area contributed by atoms with E-state index in [1.165, 1.54) is 4.90 Å². The van der Waals surface area contributed by atoms with Crippen molar-refractivity contribution < 1.29 is 14.4 Å². The van der Waals surface area contributed by atoms with E-state index in [0.717, 1.165) is 15.6 Å². The molecule has 0 bridgehead atoms. The zero-order valence-electron chi connectivity index (χ0n) is 17.6. The molecule has 2 amide bonds. The smallest absolute Gasteiger partial charge is 0.240 e. The van der Waals surface area contributed by atoms with Crippen LogP contribution in [0.5, 0.6) is 0 Å². The molecule has 3 heterocycles. The zero-order valence-corrected chi connectivity index (χ0v) is 19.2. The van der Waals surface area contributed by atoms with Crippen LogP contribution in [0.25, 0.3) is 6.08 Å². The number of carbonyl (C=O) groups excluding carboxylic acids is 3. The van der Waals surface area contributed by atoms with Crippen molar-refractivity contribution in [1.29, 1.82) is 0 Å². The Kier molecular flexibility index (Phi) is 4.49. The molecular weight excluding hydrogens is 456 g/mol. The molecule has 0 radical (unpaired) electrons. The molecule has 0 aliphatic carbocycles. The Labute approximate surface area is 189 Å². The van der Waals surface area contributed by atoms with E-state index in [0.29, 0.717) is 5.69 Å². The first-order valence-electron chi connectivity index (χ1n) is 10.4. The molecule has 2 fully saturated rings. The van der Waals surface area contributed by atoms with Gasteiger partial charge in [0.15, 0.2) is 5.78 Å². The second-order valence-corrected chi connectivity index (χ2v) is 10.4. The Morgan fingerprint density at radius 2 is 1.58 bits per heavy atom. The molecular formula is C25H23BrN2O3. The minimum Gasteiger partial charge on any atom is -0.359 e. The van der Waals surface area contributed by atoms with Crippen LogP contribution < -0.4 is 4.90 Å². The molecule has 3 aliphatic rings. The Bertz CT molecular complexity index is 1130. The van der Waals surface area contributed by atoms with Crippen LogP contribution >= 0.6 is 15.9 Å². The van der Waals surface area contributed by atoms with E-state index in [9.17, 15) is 14.4 Å². The first-order valence-corrected chi connectivity index (χ1v) is 11.2. The van der Waals surface area contributed by atoms with Crippen LogP contribution in [0.3, 0.4) is 0 Å². The molecule has 4 atom stereocenters. The number of fused-ring (bicyclic) bond motifs is 5. The van der Waals surface area contributed by atoms with E-state index in [2.05, 4.69) is 15.9 Å². The van der Waals surface area contributed by atoms with Crippen molar-refractivity contribution in [2.45, 2.75) is 32.9 Å². The summed E-state index contributed by atoms with van der Waals surface area (Å²) < 4.78 is 0.869. The molecule has 0 saturated carbocycles. The van der Waals surface area contributed by atoms with Crippen molar-refractivity contribution in [1.82, 2.24) is 4.90 Å². The lowest BCUT2D eigenvalue weighted by atomic mass is 9.79. The fourth-order valence-electron chi connectivity index (χ4n) is 5.15. The monoisotopic (exact) mass is 478 g/mol. The normalized spacial score (nSPS) is 26.7. The summed E-state index contributed by atoms with van der Waals surface area (Å²) in [7, 11) is 0. The van der Waals surface area contributed by atoms with Crippen LogP contribution in [0, 0.1) is 17.3 Å². The molecule has 2 aromatic carbocycles. The Balaban J connectivity index is 1.66. The van der Waals surface area contributed by atoms with E-state index < -0.39 is 23.3 Å². The van der Waals surface area contributed by atoms with E-state index in [1.807, 2.05) is 74.3 Å². The quantitative estimate of drug-likeness (QED) is 0.592. The minimum atomic E-state index is -0.705. The molecule has 31 heavy (non-hydrogen) atoms.